The van der Waals surface area contributed by atoms with Gasteiger partial charge in [0.1, 0.15) is 11.4 Å². The molecule has 9 nitrogen and oxygen atoms in total. The lowest BCUT2D eigenvalue weighted by atomic mass is 10.1. The van der Waals surface area contributed by atoms with Crippen LogP contribution in [0.5, 0.6) is 0 Å². The van der Waals surface area contributed by atoms with E-state index in [1.54, 1.807) is 19.0 Å². The highest BCUT2D eigenvalue weighted by atomic mass is 16.2. The van der Waals surface area contributed by atoms with Crippen LogP contribution in [0.2, 0.25) is 0 Å². The van der Waals surface area contributed by atoms with Gasteiger partial charge in [-0.3, -0.25) is 28.4 Å². The third-order valence-corrected chi connectivity index (χ3v) is 4.42. The number of likely N-dealkylation sites (N-methyl/N-ethyl adjacent to an activating group) is 1. The summed E-state index contributed by atoms with van der Waals surface area (Å²) in [7, 11) is 6.04. The Hall–Kier alpha value is -2.42. The molecule has 1 aromatic rings. The van der Waals surface area contributed by atoms with Crippen molar-refractivity contribution in [3.8, 4) is 0 Å². The van der Waals surface area contributed by atoms with Gasteiger partial charge in [0, 0.05) is 28.2 Å². The van der Waals surface area contributed by atoms with Gasteiger partial charge in [-0.1, -0.05) is 0 Å². The van der Waals surface area contributed by atoms with Crippen LogP contribution >= 0.6 is 0 Å². The maximum atomic E-state index is 12.6. The second kappa shape index (κ2) is 6.60. The number of rotatable bonds is 4. The highest BCUT2D eigenvalue weighted by Gasteiger charge is 2.34. The van der Waals surface area contributed by atoms with Gasteiger partial charge in [0.15, 0.2) is 5.78 Å². The van der Waals surface area contributed by atoms with Crippen LogP contribution in [0.25, 0.3) is 0 Å². The average molecular weight is 337 g/mol. The number of Topliss-reactive ketones (excluding diaryl/α,β-unsaturated/α-hetero) is 1. The van der Waals surface area contributed by atoms with E-state index in [9.17, 15) is 19.2 Å². The quantitative estimate of drug-likeness (QED) is 0.663. The Labute approximate surface area is 139 Å². The van der Waals surface area contributed by atoms with E-state index >= 15 is 0 Å². The van der Waals surface area contributed by atoms with Crippen molar-refractivity contribution in [1.29, 1.82) is 0 Å². The van der Waals surface area contributed by atoms with E-state index in [4.69, 9.17) is 5.73 Å². The van der Waals surface area contributed by atoms with Crippen molar-refractivity contribution in [1.82, 2.24) is 18.9 Å². The summed E-state index contributed by atoms with van der Waals surface area (Å²) in [5.74, 6) is -0.702. The molecule has 0 spiro atoms. The van der Waals surface area contributed by atoms with Crippen molar-refractivity contribution in [3.63, 3.8) is 0 Å². The van der Waals surface area contributed by atoms with E-state index in [0.717, 1.165) is 15.6 Å². The first-order valence-electron chi connectivity index (χ1n) is 7.70. The number of carbonyl (C=O) groups excluding carboxylic acids is 2. The van der Waals surface area contributed by atoms with Gasteiger partial charge in [-0.05, 0) is 19.4 Å². The maximum Gasteiger partial charge on any atom is 0.332 e. The molecule has 2 N–H and O–H groups in total. The van der Waals surface area contributed by atoms with Crippen molar-refractivity contribution >= 4 is 17.5 Å². The molecule has 1 aliphatic rings. The van der Waals surface area contributed by atoms with E-state index in [1.165, 1.54) is 19.0 Å². The predicted molar refractivity (Wildman–Crippen MR) is 89.0 cm³/mol. The van der Waals surface area contributed by atoms with Crippen molar-refractivity contribution in [2.75, 3.05) is 32.9 Å². The van der Waals surface area contributed by atoms with E-state index < -0.39 is 17.0 Å². The van der Waals surface area contributed by atoms with Gasteiger partial charge in [0.05, 0.1) is 12.6 Å². The smallest absolute Gasteiger partial charge is 0.332 e. The number of hydrogen-bond acceptors (Lipinski definition) is 6. The minimum atomic E-state index is -0.713. The van der Waals surface area contributed by atoms with Gasteiger partial charge in [-0.2, -0.15) is 0 Å². The Morgan fingerprint density at radius 2 is 1.83 bits per heavy atom. The molecule has 132 valence electrons. The number of nitrogens with zero attached hydrogens (tertiary/aromatic N) is 4. The first kappa shape index (κ1) is 17.9. The number of nitrogens with two attached hydrogens (primary N) is 1. The standard InChI is InChI=1S/C15H23N5O4/c1-17(2)13(22)9-6-5-7-20(9)8-10(21)11-12(16)18(3)15(24)19(4)14(11)23/h9H,5-8,16H2,1-4H3/t9-/m1/s1. The number of hydrogen-bond donors (Lipinski definition) is 1. The fraction of sp³-hybridized carbons (Fsp3) is 0.600. The molecule has 0 aliphatic carbocycles. The number of anilines is 1. The minimum absolute atomic E-state index is 0.0679. The van der Waals surface area contributed by atoms with Gasteiger partial charge in [0.2, 0.25) is 5.91 Å². The van der Waals surface area contributed by atoms with Gasteiger partial charge in [0.25, 0.3) is 5.56 Å². The van der Waals surface area contributed by atoms with Gasteiger partial charge in [-0.15, -0.1) is 0 Å². The Balaban J connectivity index is 2.33. The predicted octanol–water partition coefficient (Wildman–Crippen LogP) is -1.60. The van der Waals surface area contributed by atoms with Crippen molar-refractivity contribution in [3.05, 3.63) is 26.4 Å². The average Bonchev–Trinajstić information content (AvgIpc) is 2.98. The first-order chi connectivity index (χ1) is 11.2. The lowest BCUT2D eigenvalue weighted by molar-refractivity contribution is -0.133. The van der Waals surface area contributed by atoms with Crippen LogP contribution in [0.1, 0.15) is 23.2 Å². The lowest BCUT2D eigenvalue weighted by Crippen LogP contribution is -2.47. The van der Waals surface area contributed by atoms with Crippen LogP contribution in [0.4, 0.5) is 5.82 Å². The van der Waals surface area contributed by atoms with Crippen LogP contribution < -0.4 is 17.0 Å². The van der Waals surface area contributed by atoms with Crippen molar-refractivity contribution in [2.45, 2.75) is 18.9 Å². The van der Waals surface area contributed by atoms with Crippen LogP contribution in [0.15, 0.2) is 9.59 Å². The Kier molecular flexibility index (Phi) is 4.93. The van der Waals surface area contributed by atoms with Crippen LogP contribution in [0, 0.1) is 0 Å². The molecule has 0 unspecified atom stereocenters. The largest absolute Gasteiger partial charge is 0.384 e. The number of carbonyl (C=O) groups is 2. The molecule has 9 heteroatoms. The van der Waals surface area contributed by atoms with Gasteiger partial charge < -0.3 is 10.6 Å². The summed E-state index contributed by atoms with van der Waals surface area (Å²) in [6.45, 7) is 0.518. The normalized spacial score (nSPS) is 17.9. The summed E-state index contributed by atoms with van der Waals surface area (Å²) in [6.07, 6.45) is 1.48. The zero-order chi connectivity index (χ0) is 18.2. The van der Waals surface area contributed by atoms with Crippen LogP contribution in [0.3, 0.4) is 0 Å². The minimum Gasteiger partial charge on any atom is -0.384 e. The fourth-order valence-electron chi connectivity index (χ4n) is 2.98. The number of aromatic nitrogens is 2. The highest BCUT2D eigenvalue weighted by molar-refractivity contribution is 6.01. The third kappa shape index (κ3) is 2.99. The molecule has 0 bridgehead atoms. The summed E-state index contributed by atoms with van der Waals surface area (Å²) in [6, 6.07) is -0.374. The van der Waals surface area contributed by atoms with Crippen LogP contribution in [-0.4, -0.2) is 63.9 Å². The Bertz CT molecular complexity index is 792. The summed E-state index contributed by atoms with van der Waals surface area (Å²) < 4.78 is 1.93. The maximum absolute atomic E-state index is 12.6. The molecule has 1 aliphatic heterocycles. The van der Waals surface area contributed by atoms with Gasteiger partial charge in [-0.25, -0.2) is 4.79 Å². The number of likely N-dealkylation sites (tertiary alicyclic amines) is 1. The van der Waals surface area contributed by atoms with E-state index in [2.05, 4.69) is 0 Å². The molecule has 2 heterocycles. The van der Waals surface area contributed by atoms with E-state index in [-0.39, 0.29) is 29.9 Å². The molecule has 2 rings (SSSR count). The molecule has 1 atom stereocenters. The Morgan fingerprint density at radius 3 is 2.42 bits per heavy atom. The highest BCUT2D eigenvalue weighted by Crippen LogP contribution is 2.19. The number of amides is 1. The third-order valence-electron chi connectivity index (χ3n) is 4.42. The second-order valence-electron chi connectivity index (χ2n) is 6.25. The van der Waals surface area contributed by atoms with Crippen LogP contribution in [-0.2, 0) is 18.9 Å². The lowest BCUT2D eigenvalue weighted by Gasteiger charge is -2.25. The molecule has 0 aromatic carbocycles. The zero-order valence-electron chi connectivity index (χ0n) is 14.4. The summed E-state index contributed by atoms with van der Waals surface area (Å²) in [5, 5.41) is 0. The Morgan fingerprint density at radius 1 is 1.21 bits per heavy atom. The molecule has 0 radical (unpaired) electrons. The summed E-state index contributed by atoms with van der Waals surface area (Å²) >= 11 is 0. The topological polar surface area (TPSA) is 111 Å². The van der Waals surface area contributed by atoms with Gasteiger partial charge >= 0.3 is 5.69 Å². The molecule has 1 amide bonds. The van der Waals surface area contributed by atoms with Crippen molar-refractivity contribution in [2.24, 2.45) is 14.1 Å². The molecular weight excluding hydrogens is 314 g/mol. The molecule has 1 aromatic heterocycles. The van der Waals surface area contributed by atoms with E-state index in [0.29, 0.717) is 13.0 Å². The van der Waals surface area contributed by atoms with E-state index in [1.807, 2.05) is 0 Å². The monoisotopic (exact) mass is 337 g/mol. The fourth-order valence-corrected chi connectivity index (χ4v) is 2.98. The molecule has 24 heavy (non-hydrogen) atoms. The molecule has 1 saturated heterocycles. The first-order valence-corrected chi connectivity index (χ1v) is 7.70. The zero-order valence-corrected chi connectivity index (χ0v) is 14.4. The van der Waals surface area contributed by atoms with Crippen molar-refractivity contribution < 1.29 is 9.59 Å². The summed E-state index contributed by atoms with van der Waals surface area (Å²) in [4.78, 5) is 52.1. The number of ketones is 1. The number of nitrogen functional groups attached to an aromatic ring is 1. The molecular formula is C15H23N5O4. The summed E-state index contributed by atoms with van der Waals surface area (Å²) in [5.41, 5.74) is 4.30. The molecule has 1 fully saturated rings. The second-order valence-corrected chi connectivity index (χ2v) is 6.25. The SMILES string of the molecule is CN(C)C(=O)[C@H]1CCCN1CC(=O)c1c(N)n(C)c(=O)n(C)c1=O. The molecule has 0 saturated carbocycles.